The number of carbonyl (C=O) groups excluding carboxylic acids is 2. The third kappa shape index (κ3) is 8.21. The van der Waals surface area contributed by atoms with E-state index in [1.165, 1.54) is 12.1 Å². The molecule has 3 aromatic carbocycles. The number of hydrogen-bond acceptors (Lipinski definition) is 8. The van der Waals surface area contributed by atoms with Gasteiger partial charge in [0, 0.05) is 50.5 Å². The molecule has 1 saturated heterocycles. The molecule has 0 aliphatic carbocycles. The largest absolute Gasteiger partial charge is 0.508 e. The number of benzene rings is 3. The van der Waals surface area contributed by atoms with Crippen LogP contribution < -0.4 is 20.3 Å². The predicted molar refractivity (Wildman–Crippen MR) is 156 cm³/mol. The molecule has 1 fully saturated rings. The van der Waals surface area contributed by atoms with Crippen LogP contribution in [-0.2, 0) is 16.0 Å². The van der Waals surface area contributed by atoms with E-state index in [1.807, 2.05) is 37.3 Å². The zero-order valence-corrected chi connectivity index (χ0v) is 22.6. The first-order valence-electron chi connectivity index (χ1n) is 13.3. The molecular formula is C30H35N5O5. The maximum absolute atomic E-state index is 12.6. The van der Waals surface area contributed by atoms with Gasteiger partial charge in [0.2, 0.25) is 0 Å². The highest BCUT2D eigenvalue weighted by molar-refractivity contribution is 6.42. The SMILES string of the molecule is CCOc1ccccc1NC(=O)OCCN1CCN(c2cccc(NC(=O)C(=N)Cc3ccc(O)cc3)c2)CC1. The molecule has 2 amide bonds. The van der Waals surface area contributed by atoms with Gasteiger partial charge in [0.05, 0.1) is 12.3 Å². The van der Waals surface area contributed by atoms with Crippen LogP contribution in [0, 0.1) is 5.41 Å². The number of phenols is 1. The first-order chi connectivity index (χ1) is 19.4. The molecule has 0 saturated carbocycles. The summed E-state index contributed by atoms with van der Waals surface area (Å²) in [4.78, 5) is 29.3. The van der Waals surface area contributed by atoms with Crippen molar-refractivity contribution in [2.24, 2.45) is 0 Å². The van der Waals surface area contributed by atoms with Crippen molar-refractivity contribution in [2.45, 2.75) is 13.3 Å². The summed E-state index contributed by atoms with van der Waals surface area (Å²) in [6.45, 7) is 6.51. The molecule has 210 valence electrons. The zero-order chi connectivity index (χ0) is 28.3. The van der Waals surface area contributed by atoms with Gasteiger partial charge in [0.25, 0.3) is 5.91 Å². The number of piperazine rings is 1. The maximum Gasteiger partial charge on any atom is 0.411 e. The Morgan fingerprint density at radius 3 is 2.45 bits per heavy atom. The van der Waals surface area contributed by atoms with E-state index in [0.717, 1.165) is 37.4 Å². The number of aromatic hydroxyl groups is 1. The fourth-order valence-corrected chi connectivity index (χ4v) is 4.38. The van der Waals surface area contributed by atoms with Crippen LogP contribution in [-0.4, -0.2) is 73.7 Å². The number of amides is 2. The molecule has 0 atom stereocenters. The fourth-order valence-electron chi connectivity index (χ4n) is 4.38. The Kier molecular flexibility index (Phi) is 9.95. The van der Waals surface area contributed by atoms with Crippen molar-refractivity contribution in [1.29, 1.82) is 5.41 Å². The lowest BCUT2D eigenvalue weighted by Crippen LogP contribution is -2.47. The number of phenolic OH excluding ortho intramolecular Hbond substituents is 1. The van der Waals surface area contributed by atoms with Crippen molar-refractivity contribution < 1.29 is 24.2 Å². The minimum Gasteiger partial charge on any atom is -0.508 e. The third-order valence-electron chi connectivity index (χ3n) is 6.50. The summed E-state index contributed by atoms with van der Waals surface area (Å²) in [6.07, 6.45) is -0.333. The molecule has 1 aliphatic rings. The zero-order valence-electron chi connectivity index (χ0n) is 22.6. The average molecular weight is 546 g/mol. The Labute approximate surface area is 234 Å². The molecular weight excluding hydrogens is 510 g/mol. The molecule has 3 aromatic rings. The van der Waals surface area contributed by atoms with E-state index in [1.54, 1.807) is 30.3 Å². The summed E-state index contributed by atoms with van der Waals surface area (Å²) in [5, 5.41) is 23.1. The van der Waals surface area contributed by atoms with Gasteiger partial charge >= 0.3 is 6.09 Å². The van der Waals surface area contributed by atoms with Gasteiger partial charge in [-0.1, -0.05) is 30.3 Å². The number of para-hydroxylation sites is 2. The van der Waals surface area contributed by atoms with Crippen LogP contribution >= 0.6 is 0 Å². The lowest BCUT2D eigenvalue weighted by Gasteiger charge is -2.36. The number of carbonyl (C=O) groups is 2. The van der Waals surface area contributed by atoms with Gasteiger partial charge in [-0.3, -0.25) is 20.4 Å². The molecule has 0 unspecified atom stereocenters. The Hall–Kier alpha value is -4.57. The van der Waals surface area contributed by atoms with Crippen LogP contribution in [0.5, 0.6) is 11.5 Å². The molecule has 4 N–H and O–H groups in total. The van der Waals surface area contributed by atoms with Crippen molar-refractivity contribution >= 4 is 34.8 Å². The minimum absolute atomic E-state index is 0.0564. The van der Waals surface area contributed by atoms with Crippen molar-refractivity contribution in [2.75, 3.05) is 61.5 Å². The van der Waals surface area contributed by atoms with Crippen LogP contribution in [0.1, 0.15) is 12.5 Å². The molecule has 0 aromatic heterocycles. The molecule has 0 bridgehead atoms. The summed E-state index contributed by atoms with van der Waals surface area (Å²) in [6, 6.07) is 21.3. The van der Waals surface area contributed by atoms with E-state index in [0.29, 0.717) is 30.3 Å². The maximum atomic E-state index is 12.6. The molecule has 10 nitrogen and oxygen atoms in total. The number of nitrogens with one attached hydrogen (secondary N) is 3. The smallest absolute Gasteiger partial charge is 0.411 e. The molecule has 1 aliphatic heterocycles. The van der Waals surface area contributed by atoms with Crippen molar-refractivity contribution in [3.63, 3.8) is 0 Å². The van der Waals surface area contributed by atoms with Crippen molar-refractivity contribution in [3.05, 3.63) is 78.4 Å². The van der Waals surface area contributed by atoms with E-state index in [2.05, 4.69) is 20.4 Å². The lowest BCUT2D eigenvalue weighted by molar-refractivity contribution is -0.110. The molecule has 0 spiro atoms. The van der Waals surface area contributed by atoms with Crippen LogP contribution in [0.15, 0.2) is 72.8 Å². The van der Waals surface area contributed by atoms with E-state index in [-0.39, 0.29) is 24.5 Å². The second-order valence-electron chi connectivity index (χ2n) is 9.35. The Bertz CT molecular complexity index is 1310. The van der Waals surface area contributed by atoms with Gasteiger partial charge in [-0.15, -0.1) is 0 Å². The fraction of sp³-hybridized carbons (Fsp3) is 0.300. The highest BCUT2D eigenvalue weighted by Crippen LogP contribution is 2.24. The first-order valence-corrected chi connectivity index (χ1v) is 13.3. The van der Waals surface area contributed by atoms with Gasteiger partial charge < -0.3 is 24.8 Å². The Morgan fingerprint density at radius 2 is 1.70 bits per heavy atom. The lowest BCUT2D eigenvalue weighted by atomic mass is 10.1. The predicted octanol–water partition coefficient (Wildman–Crippen LogP) is 4.36. The van der Waals surface area contributed by atoms with E-state index < -0.39 is 12.0 Å². The second kappa shape index (κ2) is 14.0. The summed E-state index contributed by atoms with van der Waals surface area (Å²) < 4.78 is 10.9. The summed E-state index contributed by atoms with van der Waals surface area (Å²) in [5.41, 5.74) is 2.92. The molecule has 4 rings (SSSR count). The normalized spacial score (nSPS) is 13.4. The van der Waals surface area contributed by atoms with E-state index in [9.17, 15) is 14.7 Å². The highest BCUT2D eigenvalue weighted by atomic mass is 16.5. The number of hydrogen-bond donors (Lipinski definition) is 4. The van der Waals surface area contributed by atoms with Crippen molar-refractivity contribution in [3.8, 4) is 11.5 Å². The van der Waals surface area contributed by atoms with E-state index >= 15 is 0 Å². The second-order valence-corrected chi connectivity index (χ2v) is 9.35. The van der Waals surface area contributed by atoms with Crippen molar-refractivity contribution in [1.82, 2.24) is 4.90 Å². The number of rotatable bonds is 11. The van der Waals surface area contributed by atoms with Crippen LogP contribution in [0.2, 0.25) is 0 Å². The quantitative estimate of drug-likeness (QED) is 0.264. The Morgan fingerprint density at radius 1 is 0.950 bits per heavy atom. The van der Waals surface area contributed by atoms with Crippen LogP contribution in [0.25, 0.3) is 0 Å². The standard InChI is InChI=1S/C30H35N5O5/c1-2-39-28-9-4-3-8-27(28)33-30(38)40-19-18-34-14-16-35(17-15-34)24-7-5-6-23(21-24)32-29(37)26(31)20-22-10-12-25(36)13-11-22/h3-13,21,31,36H,2,14-20H2,1H3,(H,32,37)(H,33,38). The van der Waals surface area contributed by atoms with Gasteiger partial charge in [-0.05, 0) is 55.0 Å². The molecule has 40 heavy (non-hydrogen) atoms. The van der Waals surface area contributed by atoms with Gasteiger partial charge in [-0.25, -0.2) is 4.79 Å². The highest BCUT2D eigenvalue weighted by Gasteiger charge is 2.19. The summed E-state index contributed by atoms with van der Waals surface area (Å²) in [7, 11) is 0. The first kappa shape index (κ1) is 28.4. The monoisotopic (exact) mass is 545 g/mol. The average Bonchev–Trinajstić information content (AvgIpc) is 2.96. The third-order valence-corrected chi connectivity index (χ3v) is 6.50. The van der Waals surface area contributed by atoms with Gasteiger partial charge in [0.1, 0.15) is 23.8 Å². The summed E-state index contributed by atoms with van der Waals surface area (Å²) >= 11 is 0. The van der Waals surface area contributed by atoms with Gasteiger partial charge in [-0.2, -0.15) is 0 Å². The van der Waals surface area contributed by atoms with Gasteiger partial charge in [0.15, 0.2) is 0 Å². The molecule has 1 heterocycles. The van der Waals surface area contributed by atoms with Crippen LogP contribution in [0.4, 0.5) is 21.9 Å². The van der Waals surface area contributed by atoms with Crippen LogP contribution in [0.3, 0.4) is 0 Å². The molecule has 10 heteroatoms. The minimum atomic E-state index is -0.513. The molecule has 0 radical (unpaired) electrons. The number of ether oxygens (including phenoxy) is 2. The number of nitrogens with zero attached hydrogens (tertiary/aromatic N) is 2. The number of anilines is 3. The Balaban J connectivity index is 1.19. The van der Waals surface area contributed by atoms with E-state index in [4.69, 9.17) is 14.9 Å². The topological polar surface area (TPSA) is 127 Å². The summed E-state index contributed by atoms with van der Waals surface area (Å²) in [5.74, 6) is 0.295.